The molecule has 3 rings (SSSR count). The first-order valence-electron chi connectivity index (χ1n) is 9.11. The molecule has 0 fully saturated rings. The summed E-state index contributed by atoms with van der Waals surface area (Å²) in [5.74, 6) is 0. The predicted octanol–water partition coefficient (Wildman–Crippen LogP) is 2.59. The van der Waals surface area contributed by atoms with Crippen molar-refractivity contribution in [3.8, 4) is 0 Å². The van der Waals surface area contributed by atoms with Crippen LogP contribution in [0.5, 0.6) is 0 Å². The van der Waals surface area contributed by atoms with Crippen LogP contribution in [-0.2, 0) is 32.6 Å². The van der Waals surface area contributed by atoms with Crippen LogP contribution in [0.1, 0.15) is 11.1 Å². The van der Waals surface area contributed by atoms with Gasteiger partial charge in [-0.15, -0.1) is 0 Å². The van der Waals surface area contributed by atoms with Gasteiger partial charge in [-0.05, 0) is 17.7 Å². The number of benzene rings is 2. The zero-order chi connectivity index (χ0) is 23.4. The highest BCUT2D eigenvalue weighted by Crippen LogP contribution is 2.43. The van der Waals surface area contributed by atoms with Gasteiger partial charge in [-0.25, -0.2) is 21.1 Å². The molecule has 1 unspecified atom stereocenters. The second-order valence-electron chi connectivity index (χ2n) is 7.40. The van der Waals surface area contributed by atoms with Gasteiger partial charge >= 0.3 is 6.18 Å². The minimum absolute atomic E-state index is 0.205. The Morgan fingerprint density at radius 2 is 1.65 bits per heavy atom. The van der Waals surface area contributed by atoms with E-state index in [1.807, 2.05) is 0 Å². The minimum Gasteiger partial charge on any atom is -0.356 e. The highest BCUT2D eigenvalue weighted by Gasteiger charge is 2.45. The van der Waals surface area contributed by atoms with E-state index < -0.39 is 47.7 Å². The van der Waals surface area contributed by atoms with Crippen LogP contribution < -0.4 is 4.90 Å². The molecule has 0 saturated carbocycles. The summed E-state index contributed by atoms with van der Waals surface area (Å²) >= 11 is 0. The van der Waals surface area contributed by atoms with Crippen molar-refractivity contribution in [1.82, 2.24) is 8.61 Å². The molecule has 31 heavy (non-hydrogen) atoms. The lowest BCUT2D eigenvalue weighted by atomic mass is 10.1. The zero-order valence-electron chi connectivity index (χ0n) is 17.3. The number of hydrogen-bond donors (Lipinski definition) is 0. The zero-order valence-corrected chi connectivity index (χ0v) is 18.9. The fourth-order valence-corrected chi connectivity index (χ4v) is 6.24. The number of anilines is 1. The number of hydrogen-bond acceptors (Lipinski definition) is 5. The topological polar surface area (TPSA) is 78.0 Å². The summed E-state index contributed by atoms with van der Waals surface area (Å²) in [7, 11) is -3.85. The van der Waals surface area contributed by atoms with Gasteiger partial charge in [0, 0.05) is 34.6 Å². The van der Waals surface area contributed by atoms with Gasteiger partial charge in [0.15, 0.2) is 0 Å². The average molecular weight is 478 g/mol. The molecule has 0 radical (unpaired) electrons. The lowest BCUT2D eigenvalue weighted by Gasteiger charge is -2.42. The van der Waals surface area contributed by atoms with E-state index in [1.165, 1.54) is 19.0 Å². The van der Waals surface area contributed by atoms with Crippen molar-refractivity contribution in [3.05, 3.63) is 53.6 Å². The van der Waals surface area contributed by atoms with Crippen LogP contribution in [0.25, 0.3) is 0 Å². The van der Waals surface area contributed by atoms with Crippen LogP contribution in [0.2, 0.25) is 0 Å². The number of alkyl halides is 3. The van der Waals surface area contributed by atoms with Crippen molar-refractivity contribution in [2.24, 2.45) is 0 Å². The Morgan fingerprint density at radius 1 is 1.06 bits per heavy atom. The van der Waals surface area contributed by atoms with E-state index in [1.54, 1.807) is 30.3 Å². The van der Waals surface area contributed by atoms with E-state index in [2.05, 4.69) is 0 Å². The second-order valence-corrected chi connectivity index (χ2v) is 11.5. The third kappa shape index (κ3) is 4.04. The Bertz CT molecular complexity index is 1200. The fourth-order valence-electron chi connectivity index (χ4n) is 3.47. The van der Waals surface area contributed by atoms with Gasteiger partial charge < -0.3 is 4.90 Å². The summed E-state index contributed by atoms with van der Waals surface area (Å²) in [6.45, 7) is 0. The van der Waals surface area contributed by atoms with Gasteiger partial charge in [-0.2, -0.15) is 17.5 Å². The molecule has 12 heteroatoms. The molecule has 1 aliphatic heterocycles. The number of rotatable bonds is 4. The van der Waals surface area contributed by atoms with Crippen molar-refractivity contribution in [2.45, 2.75) is 28.6 Å². The number of halogens is 3. The van der Waals surface area contributed by atoms with E-state index in [4.69, 9.17) is 0 Å². The average Bonchev–Trinajstić information content (AvgIpc) is 2.69. The summed E-state index contributed by atoms with van der Waals surface area (Å²) in [6, 6.07) is 10.1. The molecule has 2 aromatic carbocycles. The molecule has 2 aromatic rings. The number of fused-ring (bicyclic) bond motifs is 1. The first-order chi connectivity index (χ1) is 14.2. The third-order valence-corrected chi connectivity index (χ3v) is 9.03. The van der Waals surface area contributed by atoms with E-state index in [9.17, 15) is 30.0 Å². The molecule has 1 aliphatic rings. The molecule has 170 valence electrons. The van der Waals surface area contributed by atoms with Crippen molar-refractivity contribution in [2.75, 3.05) is 33.1 Å². The van der Waals surface area contributed by atoms with Gasteiger partial charge in [-0.1, -0.05) is 30.3 Å². The molecule has 0 aliphatic carbocycles. The van der Waals surface area contributed by atoms with Crippen molar-refractivity contribution in [3.63, 3.8) is 0 Å². The Hall–Kier alpha value is -2.15. The molecule has 0 spiro atoms. The Morgan fingerprint density at radius 3 is 2.16 bits per heavy atom. The summed E-state index contributed by atoms with van der Waals surface area (Å²) in [5.41, 5.74) is -0.818. The number of nitrogens with zero attached hydrogens (tertiary/aromatic N) is 3. The first-order valence-corrected chi connectivity index (χ1v) is 12.0. The van der Waals surface area contributed by atoms with Gasteiger partial charge in [0.05, 0.1) is 22.3 Å². The first kappa shape index (κ1) is 23.5. The van der Waals surface area contributed by atoms with Crippen LogP contribution in [0.15, 0.2) is 52.3 Å². The smallest absolute Gasteiger partial charge is 0.356 e. The van der Waals surface area contributed by atoms with E-state index >= 15 is 0 Å². The molecule has 0 saturated heterocycles. The second kappa shape index (κ2) is 7.76. The lowest BCUT2D eigenvalue weighted by molar-refractivity contribution is -0.139. The number of sulfonamides is 2. The van der Waals surface area contributed by atoms with Crippen molar-refractivity contribution in [1.29, 1.82) is 0 Å². The quantitative estimate of drug-likeness (QED) is 0.677. The minimum atomic E-state index is -5.00. The van der Waals surface area contributed by atoms with Crippen LogP contribution in [0.4, 0.5) is 18.9 Å². The molecule has 0 aromatic heterocycles. The van der Waals surface area contributed by atoms with Crippen LogP contribution in [0, 0.1) is 0 Å². The molecular formula is C19H22F3N3O4S2. The normalized spacial score (nSPS) is 19.5. The number of likely N-dealkylation sites (N-methyl/N-ethyl adjacent to an activating group) is 2. The van der Waals surface area contributed by atoms with Gasteiger partial charge in [0.1, 0.15) is 4.90 Å². The summed E-state index contributed by atoms with van der Waals surface area (Å²) in [4.78, 5) is -0.170. The van der Waals surface area contributed by atoms with Crippen molar-refractivity contribution < 1.29 is 30.0 Å². The van der Waals surface area contributed by atoms with Gasteiger partial charge in [0.2, 0.25) is 20.0 Å². The van der Waals surface area contributed by atoms with Crippen LogP contribution >= 0.6 is 0 Å². The van der Waals surface area contributed by atoms with E-state index in [0.717, 1.165) is 24.0 Å². The highest BCUT2D eigenvalue weighted by atomic mass is 32.2. The molecule has 0 amide bonds. The third-order valence-electron chi connectivity index (χ3n) is 5.29. The highest BCUT2D eigenvalue weighted by molar-refractivity contribution is 7.90. The van der Waals surface area contributed by atoms with Crippen LogP contribution in [0.3, 0.4) is 0 Å². The maximum atomic E-state index is 13.8. The molecule has 7 nitrogen and oxygen atoms in total. The maximum absolute atomic E-state index is 13.8. The van der Waals surface area contributed by atoms with Crippen LogP contribution in [-0.4, -0.2) is 59.8 Å². The molecule has 0 bridgehead atoms. The summed E-state index contributed by atoms with van der Waals surface area (Å²) < 4.78 is 94.5. The molecule has 0 N–H and O–H groups in total. The standard InChI is InChI=1S/C19H22F3N3O4S2/c1-23(2)30(26,27)16-12-17-15(11-14(16)19(20,21)22)24(3)18(25(4)31(17,28)29)10-13-8-6-5-7-9-13/h5-9,11-12,18H,10H2,1-4H3. The SMILES string of the molecule is CN1c2cc(C(F)(F)F)c(S(=O)(=O)N(C)C)cc2S(=O)(=O)N(C)C1Cc1ccccc1. The van der Waals surface area contributed by atoms with E-state index in [-0.39, 0.29) is 12.1 Å². The Balaban J connectivity index is 2.26. The van der Waals surface area contributed by atoms with Gasteiger partial charge in [-0.3, -0.25) is 0 Å². The Kier molecular flexibility index (Phi) is 5.89. The summed E-state index contributed by atoms with van der Waals surface area (Å²) in [5, 5.41) is 0. The van der Waals surface area contributed by atoms with Crippen molar-refractivity contribution >= 4 is 25.7 Å². The fraction of sp³-hybridized carbons (Fsp3) is 0.368. The predicted molar refractivity (Wildman–Crippen MR) is 110 cm³/mol. The summed E-state index contributed by atoms with van der Waals surface area (Å²) in [6.07, 6.45) is -5.57. The molecule has 1 atom stereocenters. The van der Waals surface area contributed by atoms with Gasteiger partial charge in [0.25, 0.3) is 0 Å². The maximum Gasteiger partial charge on any atom is 0.417 e. The molecule has 1 heterocycles. The monoisotopic (exact) mass is 477 g/mol. The molecular weight excluding hydrogens is 455 g/mol. The largest absolute Gasteiger partial charge is 0.417 e. The Labute approximate surface area is 179 Å². The van der Waals surface area contributed by atoms with E-state index in [0.29, 0.717) is 16.4 Å². The lowest BCUT2D eigenvalue weighted by Crippen LogP contribution is -2.53.